The van der Waals surface area contributed by atoms with Crippen molar-refractivity contribution in [3.05, 3.63) is 89.0 Å². The van der Waals surface area contributed by atoms with Gasteiger partial charge in [-0.25, -0.2) is 17.6 Å². The molecular formula is C26H21F7. The lowest BCUT2D eigenvalue weighted by Gasteiger charge is -2.13. The largest absolute Gasteiger partial charge is 0.409 e. The van der Waals surface area contributed by atoms with Crippen molar-refractivity contribution in [3.8, 4) is 22.3 Å². The molecule has 3 rings (SSSR count). The zero-order valence-corrected chi connectivity index (χ0v) is 17.9. The Balaban J connectivity index is 1.96. The molecule has 0 saturated heterocycles. The van der Waals surface area contributed by atoms with E-state index in [4.69, 9.17) is 0 Å². The third-order valence-electron chi connectivity index (χ3n) is 5.38. The molecule has 0 spiro atoms. The fourth-order valence-corrected chi connectivity index (χ4v) is 3.69. The third-order valence-corrected chi connectivity index (χ3v) is 5.38. The Hall–Kier alpha value is -3.09. The van der Waals surface area contributed by atoms with E-state index in [0.29, 0.717) is 23.6 Å². The third kappa shape index (κ3) is 5.83. The molecule has 0 bridgehead atoms. The van der Waals surface area contributed by atoms with Crippen LogP contribution in [0.5, 0.6) is 0 Å². The van der Waals surface area contributed by atoms with E-state index in [-0.39, 0.29) is 17.7 Å². The molecule has 3 aromatic rings. The van der Waals surface area contributed by atoms with Crippen LogP contribution in [0.1, 0.15) is 43.7 Å². The minimum atomic E-state index is -4.77. The summed E-state index contributed by atoms with van der Waals surface area (Å²) in [6.45, 7) is 4.18. The van der Waals surface area contributed by atoms with Gasteiger partial charge < -0.3 is 0 Å². The lowest BCUT2D eigenvalue weighted by atomic mass is 9.93. The molecule has 0 N–H and O–H groups in total. The van der Waals surface area contributed by atoms with Crippen LogP contribution in [0.2, 0.25) is 0 Å². The van der Waals surface area contributed by atoms with Gasteiger partial charge >= 0.3 is 6.18 Å². The van der Waals surface area contributed by atoms with Gasteiger partial charge in [-0.2, -0.15) is 13.2 Å². The van der Waals surface area contributed by atoms with E-state index < -0.39 is 46.1 Å². The fourth-order valence-electron chi connectivity index (χ4n) is 3.69. The van der Waals surface area contributed by atoms with Crippen LogP contribution in [0.25, 0.3) is 28.3 Å². The molecule has 0 radical (unpaired) electrons. The highest BCUT2D eigenvalue weighted by Crippen LogP contribution is 2.34. The van der Waals surface area contributed by atoms with Crippen molar-refractivity contribution < 1.29 is 30.7 Å². The van der Waals surface area contributed by atoms with E-state index in [9.17, 15) is 30.7 Å². The highest BCUT2D eigenvalue weighted by atomic mass is 19.4. The molecule has 0 aliphatic carbocycles. The van der Waals surface area contributed by atoms with Crippen molar-refractivity contribution in [3.63, 3.8) is 0 Å². The summed E-state index contributed by atoms with van der Waals surface area (Å²) in [6, 6.07) is 10.6. The second-order valence-corrected chi connectivity index (χ2v) is 7.86. The number of hydrogen-bond acceptors (Lipinski definition) is 0. The Bertz CT molecular complexity index is 1110. The molecule has 0 heterocycles. The molecule has 1 atom stereocenters. The highest BCUT2D eigenvalue weighted by molar-refractivity contribution is 5.73. The first kappa shape index (κ1) is 24.6. The maximum atomic E-state index is 14.8. The molecule has 0 saturated carbocycles. The van der Waals surface area contributed by atoms with Crippen LogP contribution in [0, 0.1) is 23.3 Å². The van der Waals surface area contributed by atoms with Gasteiger partial charge in [0, 0.05) is 11.6 Å². The van der Waals surface area contributed by atoms with E-state index in [1.54, 1.807) is 12.1 Å². The van der Waals surface area contributed by atoms with Gasteiger partial charge in [-0.1, -0.05) is 44.5 Å². The fraction of sp³-hybridized carbons (Fsp3) is 0.231. The molecule has 3 aromatic carbocycles. The van der Waals surface area contributed by atoms with Crippen LogP contribution >= 0.6 is 0 Å². The maximum absolute atomic E-state index is 14.8. The minimum Gasteiger partial charge on any atom is -0.206 e. The van der Waals surface area contributed by atoms with Crippen molar-refractivity contribution in [1.82, 2.24) is 0 Å². The molecule has 0 nitrogen and oxygen atoms in total. The Morgan fingerprint density at radius 2 is 1.27 bits per heavy atom. The summed E-state index contributed by atoms with van der Waals surface area (Å²) in [4.78, 5) is 0. The van der Waals surface area contributed by atoms with Gasteiger partial charge in [0.25, 0.3) is 0 Å². The average Bonchev–Trinajstić information content (AvgIpc) is 2.72. The summed E-state index contributed by atoms with van der Waals surface area (Å²) in [7, 11) is 0. The van der Waals surface area contributed by atoms with Crippen LogP contribution in [-0.2, 0) is 0 Å². The molecule has 0 aliphatic heterocycles. The number of halogens is 7. The van der Waals surface area contributed by atoms with Crippen molar-refractivity contribution in [2.75, 3.05) is 0 Å². The molecule has 33 heavy (non-hydrogen) atoms. The summed E-state index contributed by atoms with van der Waals surface area (Å²) >= 11 is 0. The van der Waals surface area contributed by atoms with Gasteiger partial charge in [0.2, 0.25) is 0 Å². The van der Waals surface area contributed by atoms with Crippen LogP contribution in [0.4, 0.5) is 30.7 Å². The SMILES string of the molecule is CCCC(C)c1ccc(-c2cc(F)c(-c3cc(F)c(/C=C/C(F)(F)F)c(F)c3)c(F)c2)cc1. The van der Waals surface area contributed by atoms with E-state index in [2.05, 4.69) is 13.8 Å². The molecule has 0 fully saturated rings. The quantitative estimate of drug-likeness (QED) is 0.318. The predicted octanol–water partition coefficient (Wildman–Crippen LogP) is 9.06. The van der Waals surface area contributed by atoms with Gasteiger partial charge in [0.05, 0.1) is 5.56 Å². The van der Waals surface area contributed by atoms with E-state index in [1.165, 1.54) is 0 Å². The van der Waals surface area contributed by atoms with Gasteiger partial charge in [-0.15, -0.1) is 0 Å². The first-order valence-electron chi connectivity index (χ1n) is 10.3. The van der Waals surface area contributed by atoms with Crippen LogP contribution in [-0.4, -0.2) is 6.18 Å². The van der Waals surface area contributed by atoms with Crippen molar-refractivity contribution >= 4 is 6.08 Å². The molecule has 1 unspecified atom stereocenters. The summed E-state index contributed by atoms with van der Waals surface area (Å²) in [5, 5.41) is 0. The Kier molecular flexibility index (Phi) is 7.30. The topological polar surface area (TPSA) is 0 Å². The monoisotopic (exact) mass is 466 g/mol. The molecule has 174 valence electrons. The summed E-state index contributed by atoms with van der Waals surface area (Å²) in [6.07, 6.45) is -2.82. The number of benzene rings is 3. The Labute approximate surface area is 187 Å². The lowest BCUT2D eigenvalue weighted by molar-refractivity contribution is -0.0790. The minimum absolute atomic E-state index is 0.231. The number of rotatable bonds is 6. The predicted molar refractivity (Wildman–Crippen MR) is 116 cm³/mol. The summed E-state index contributed by atoms with van der Waals surface area (Å²) in [5.41, 5.74) is -0.170. The van der Waals surface area contributed by atoms with Crippen molar-refractivity contribution in [1.29, 1.82) is 0 Å². The molecule has 0 aromatic heterocycles. The zero-order valence-electron chi connectivity index (χ0n) is 17.9. The molecule has 0 amide bonds. The summed E-state index contributed by atoms with van der Waals surface area (Å²) in [5.74, 6) is -4.49. The first-order valence-corrected chi connectivity index (χ1v) is 10.3. The van der Waals surface area contributed by atoms with Crippen LogP contribution in [0.3, 0.4) is 0 Å². The molecule has 7 heteroatoms. The van der Waals surface area contributed by atoms with Gasteiger partial charge in [-0.3, -0.25) is 0 Å². The number of alkyl halides is 3. The van der Waals surface area contributed by atoms with Gasteiger partial charge in [0.1, 0.15) is 23.3 Å². The lowest BCUT2D eigenvalue weighted by Crippen LogP contribution is -2.01. The second kappa shape index (κ2) is 9.81. The zero-order chi connectivity index (χ0) is 24.3. The van der Waals surface area contributed by atoms with Gasteiger partial charge in [-0.05, 0) is 64.9 Å². The van der Waals surface area contributed by atoms with Crippen molar-refractivity contribution in [2.24, 2.45) is 0 Å². The standard InChI is InChI=1S/C26H21F7/c1-3-4-15(2)16-5-7-17(8-6-16)18-11-23(29)25(24(30)12-18)19-13-21(27)20(22(28)14-19)9-10-26(31,32)33/h5-15H,3-4H2,1-2H3/b10-9+. The van der Waals surface area contributed by atoms with Crippen LogP contribution < -0.4 is 0 Å². The smallest absolute Gasteiger partial charge is 0.206 e. The first-order chi connectivity index (χ1) is 15.5. The molecule has 0 aliphatic rings. The average molecular weight is 466 g/mol. The molecular weight excluding hydrogens is 445 g/mol. The number of hydrogen-bond donors (Lipinski definition) is 0. The Morgan fingerprint density at radius 3 is 1.76 bits per heavy atom. The van der Waals surface area contributed by atoms with E-state index in [0.717, 1.165) is 30.5 Å². The Morgan fingerprint density at radius 1 is 0.758 bits per heavy atom. The second-order valence-electron chi connectivity index (χ2n) is 7.86. The maximum Gasteiger partial charge on any atom is 0.409 e. The number of allylic oxidation sites excluding steroid dienone is 1. The summed E-state index contributed by atoms with van der Waals surface area (Å²) < 4.78 is 95.0. The van der Waals surface area contributed by atoms with Crippen molar-refractivity contribution in [2.45, 2.75) is 38.8 Å². The van der Waals surface area contributed by atoms with E-state index >= 15 is 0 Å². The van der Waals surface area contributed by atoms with Crippen LogP contribution in [0.15, 0.2) is 54.6 Å². The van der Waals surface area contributed by atoms with Gasteiger partial charge in [0.15, 0.2) is 0 Å². The highest BCUT2D eigenvalue weighted by Gasteiger charge is 2.23. The van der Waals surface area contributed by atoms with E-state index in [1.807, 2.05) is 12.1 Å². The normalized spacial score (nSPS) is 13.0.